The average molecular weight is 450 g/mol. The number of pyridine rings is 2. The van der Waals surface area contributed by atoms with Crippen LogP contribution in [0.1, 0.15) is 34.3 Å². The fourth-order valence-corrected chi connectivity index (χ4v) is 3.72. The van der Waals surface area contributed by atoms with Gasteiger partial charge in [-0.2, -0.15) is 0 Å². The van der Waals surface area contributed by atoms with Crippen molar-refractivity contribution in [3.05, 3.63) is 69.1 Å². The van der Waals surface area contributed by atoms with E-state index in [1.54, 1.807) is 12.1 Å². The molecule has 10 heteroatoms. The molecule has 33 heavy (non-hydrogen) atoms. The Bertz CT molecular complexity index is 1410. The van der Waals surface area contributed by atoms with Crippen LogP contribution in [-0.4, -0.2) is 39.6 Å². The molecule has 0 saturated heterocycles. The van der Waals surface area contributed by atoms with Crippen molar-refractivity contribution in [3.8, 4) is 11.5 Å². The van der Waals surface area contributed by atoms with E-state index in [1.165, 1.54) is 31.6 Å². The highest BCUT2D eigenvalue weighted by Gasteiger charge is 2.32. The van der Waals surface area contributed by atoms with Crippen molar-refractivity contribution >= 4 is 29.0 Å². The first kappa shape index (κ1) is 20.7. The third-order valence-electron chi connectivity index (χ3n) is 5.57. The lowest BCUT2D eigenvalue weighted by atomic mass is 10.0. The minimum absolute atomic E-state index is 0.0241. The second-order valence-corrected chi connectivity index (χ2v) is 7.93. The quantitative estimate of drug-likeness (QED) is 0.544. The van der Waals surface area contributed by atoms with Gasteiger partial charge in [0.1, 0.15) is 22.4 Å². The minimum Gasteiger partial charge on any atom is -0.505 e. The van der Waals surface area contributed by atoms with Gasteiger partial charge in [0.2, 0.25) is 5.76 Å². The number of nitrogens with zero attached hydrogens (tertiary/aromatic N) is 2. The molecule has 2 aromatic heterocycles. The normalized spacial score (nSPS) is 14.4. The summed E-state index contributed by atoms with van der Waals surface area (Å²) < 4.78 is 20.3. The molecule has 0 unspecified atom stereocenters. The van der Waals surface area contributed by atoms with Gasteiger partial charge < -0.3 is 20.5 Å². The van der Waals surface area contributed by atoms with Crippen molar-refractivity contribution in [1.82, 2.24) is 20.2 Å². The standard InChI is InChI=1S/C23H19FN4O5/c1-25-22(31)16-19(29)17-18-20(12(9-26-17)8-11-2-4-13(24)5-3-11)33-15(10-28(18)23(16)32)21(30)27-14-6-7-14/h2-5,9-10,14,29H,6-8H2,1H3,(H,25,31)(H,27,30). The van der Waals surface area contributed by atoms with Gasteiger partial charge in [-0.3, -0.25) is 23.9 Å². The topological polar surface area (TPSA) is 123 Å². The molecule has 0 spiro atoms. The third-order valence-corrected chi connectivity index (χ3v) is 5.57. The van der Waals surface area contributed by atoms with E-state index in [1.807, 2.05) is 0 Å². The molecule has 2 aliphatic rings. The Morgan fingerprint density at radius 2 is 1.97 bits per heavy atom. The van der Waals surface area contributed by atoms with Gasteiger partial charge >= 0.3 is 0 Å². The average Bonchev–Trinajstić information content (AvgIpc) is 3.63. The number of aromatic hydroxyl groups is 1. The summed E-state index contributed by atoms with van der Waals surface area (Å²) in [5.74, 6) is -2.21. The molecule has 1 aromatic carbocycles. The zero-order valence-electron chi connectivity index (χ0n) is 17.5. The molecule has 1 aliphatic carbocycles. The Balaban J connectivity index is 1.72. The molecule has 3 N–H and O–H groups in total. The second kappa shape index (κ2) is 7.73. The van der Waals surface area contributed by atoms with E-state index in [2.05, 4.69) is 15.6 Å². The molecule has 0 radical (unpaired) electrons. The van der Waals surface area contributed by atoms with Crippen molar-refractivity contribution in [3.63, 3.8) is 0 Å². The lowest BCUT2D eigenvalue weighted by Gasteiger charge is -2.22. The number of ether oxygens (including phenoxy) is 1. The summed E-state index contributed by atoms with van der Waals surface area (Å²) >= 11 is 0. The van der Waals surface area contributed by atoms with Gasteiger partial charge in [-0.15, -0.1) is 0 Å². The van der Waals surface area contributed by atoms with Crippen molar-refractivity contribution in [2.24, 2.45) is 0 Å². The van der Waals surface area contributed by atoms with Crippen LogP contribution in [0.3, 0.4) is 0 Å². The molecular weight excluding hydrogens is 431 g/mol. The van der Waals surface area contributed by atoms with Gasteiger partial charge in [-0.05, 0) is 30.5 Å². The van der Waals surface area contributed by atoms with Gasteiger partial charge in [-0.1, -0.05) is 12.1 Å². The summed E-state index contributed by atoms with van der Waals surface area (Å²) in [6.45, 7) is 0. The molecule has 1 saturated carbocycles. The summed E-state index contributed by atoms with van der Waals surface area (Å²) in [5, 5.41) is 15.8. The van der Waals surface area contributed by atoms with E-state index in [4.69, 9.17) is 4.74 Å². The fraction of sp³-hybridized carbons (Fsp3) is 0.217. The number of hydrogen-bond acceptors (Lipinski definition) is 6. The largest absolute Gasteiger partial charge is 0.505 e. The van der Waals surface area contributed by atoms with Gasteiger partial charge in [0.05, 0.1) is 6.20 Å². The molecule has 1 fully saturated rings. The maximum Gasteiger partial charge on any atom is 0.288 e. The van der Waals surface area contributed by atoms with Gasteiger partial charge in [0, 0.05) is 31.3 Å². The van der Waals surface area contributed by atoms with Crippen molar-refractivity contribution in [2.45, 2.75) is 25.3 Å². The highest BCUT2D eigenvalue weighted by atomic mass is 19.1. The fourth-order valence-electron chi connectivity index (χ4n) is 3.72. The lowest BCUT2D eigenvalue weighted by Crippen LogP contribution is -2.34. The highest BCUT2D eigenvalue weighted by molar-refractivity contribution is 6.04. The Labute approximate surface area is 186 Å². The van der Waals surface area contributed by atoms with E-state index in [0.29, 0.717) is 5.56 Å². The van der Waals surface area contributed by atoms with Crippen molar-refractivity contribution in [2.75, 3.05) is 7.05 Å². The van der Waals surface area contributed by atoms with Crippen molar-refractivity contribution < 1.29 is 23.8 Å². The van der Waals surface area contributed by atoms with Crippen LogP contribution >= 0.6 is 0 Å². The molecule has 9 nitrogen and oxygen atoms in total. The van der Waals surface area contributed by atoms with E-state index in [9.17, 15) is 23.9 Å². The van der Waals surface area contributed by atoms with Crippen LogP contribution < -0.4 is 20.9 Å². The number of benzene rings is 1. The summed E-state index contributed by atoms with van der Waals surface area (Å²) in [6.07, 6.45) is 4.62. The van der Waals surface area contributed by atoms with E-state index in [0.717, 1.165) is 23.0 Å². The number of amides is 2. The monoisotopic (exact) mass is 450 g/mol. The second-order valence-electron chi connectivity index (χ2n) is 7.93. The van der Waals surface area contributed by atoms with Crippen LogP contribution in [0, 0.1) is 5.82 Å². The summed E-state index contributed by atoms with van der Waals surface area (Å²) in [4.78, 5) is 42.5. The first-order valence-corrected chi connectivity index (χ1v) is 10.3. The first-order chi connectivity index (χ1) is 15.9. The van der Waals surface area contributed by atoms with Crippen LogP contribution in [0.25, 0.3) is 17.2 Å². The van der Waals surface area contributed by atoms with Gasteiger partial charge in [0.15, 0.2) is 11.5 Å². The Kier molecular flexibility index (Phi) is 4.85. The van der Waals surface area contributed by atoms with Crippen LogP contribution in [0.2, 0.25) is 0 Å². The number of halogens is 1. The zero-order valence-corrected chi connectivity index (χ0v) is 17.5. The summed E-state index contributed by atoms with van der Waals surface area (Å²) in [6, 6.07) is 5.90. The predicted octanol–water partition coefficient (Wildman–Crippen LogP) is 1.66. The van der Waals surface area contributed by atoms with E-state index in [-0.39, 0.29) is 40.8 Å². The predicted molar refractivity (Wildman–Crippen MR) is 116 cm³/mol. The van der Waals surface area contributed by atoms with E-state index >= 15 is 0 Å². The molecule has 168 valence electrons. The number of aromatic nitrogens is 2. The highest BCUT2D eigenvalue weighted by Crippen LogP contribution is 2.38. The Hall–Kier alpha value is -4.21. The number of carbonyl (C=O) groups excluding carboxylic acids is 2. The third kappa shape index (κ3) is 3.59. The lowest BCUT2D eigenvalue weighted by molar-refractivity contribution is -0.119. The molecule has 0 atom stereocenters. The maximum atomic E-state index is 13.3. The Morgan fingerprint density at radius 1 is 1.24 bits per heavy atom. The number of hydrogen-bond donors (Lipinski definition) is 3. The van der Waals surface area contributed by atoms with E-state index < -0.39 is 28.7 Å². The maximum absolute atomic E-state index is 13.3. The molecule has 3 heterocycles. The minimum atomic E-state index is -0.818. The molecule has 5 rings (SSSR count). The molecule has 1 aliphatic heterocycles. The first-order valence-electron chi connectivity index (χ1n) is 10.3. The van der Waals surface area contributed by atoms with Crippen LogP contribution in [-0.2, 0) is 11.2 Å². The molecular formula is C23H19FN4O5. The molecule has 3 aromatic rings. The molecule has 0 bridgehead atoms. The van der Waals surface area contributed by atoms with Gasteiger partial charge in [-0.25, -0.2) is 4.39 Å². The van der Waals surface area contributed by atoms with Crippen molar-refractivity contribution in [1.29, 1.82) is 0 Å². The zero-order chi connectivity index (χ0) is 23.3. The number of nitrogens with one attached hydrogen (secondary N) is 2. The number of carbonyl (C=O) groups is 2. The SMILES string of the molecule is CNC(=O)c1c(O)c2ncc(Cc3ccc(F)cc3)c3c2n(c1=O)C=C(C(=O)NC1CC1)O3. The van der Waals surface area contributed by atoms with Gasteiger partial charge in [0.25, 0.3) is 17.4 Å². The summed E-state index contributed by atoms with van der Waals surface area (Å²) in [5.41, 5.74) is 0.0584. The van der Waals surface area contributed by atoms with Crippen LogP contribution in [0.5, 0.6) is 11.5 Å². The van der Waals surface area contributed by atoms with Crippen LogP contribution in [0.4, 0.5) is 4.39 Å². The Morgan fingerprint density at radius 3 is 2.64 bits per heavy atom. The molecule has 2 amide bonds. The van der Waals surface area contributed by atoms with Crippen LogP contribution in [0.15, 0.2) is 41.0 Å². The number of rotatable bonds is 5. The smallest absolute Gasteiger partial charge is 0.288 e. The summed E-state index contributed by atoms with van der Waals surface area (Å²) in [7, 11) is 1.33.